The zero-order valence-corrected chi connectivity index (χ0v) is 11.5. The van der Waals surface area contributed by atoms with E-state index < -0.39 is 5.60 Å². The van der Waals surface area contributed by atoms with E-state index in [9.17, 15) is 5.11 Å². The molecule has 2 heteroatoms. The van der Waals surface area contributed by atoms with Gasteiger partial charge >= 0.3 is 0 Å². The Morgan fingerprint density at radius 2 is 2.11 bits per heavy atom. The van der Waals surface area contributed by atoms with E-state index in [-0.39, 0.29) is 0 Å². The van der Waals surface area contributed by atoms with E-state index in [0.29, 0.717) is 0 Å². The molecule has 2 aromatic rings. The van der Waals surface area contributed by atoms with Crippen LogP contribution in [0.15, 0.2) is 36.5 Å². The number of hydrogen-bond acceptors (Lipinski definition) is 2. The van der Waals surface area contributed by atoms with Crippen LogP contribution in [0.1, 0.15) is 44.6 Å². The van der Waals surface area contributed by atoms with Gasteiger partial charge in [0.25, 0.3) is 0 Å². The Morgan fingerprint density at radius 1 is 1.21 bits per heavy atom. The summed E-state index contributed by atoms with van der Waals surface area (Å²) in [5.41, 5.74) is 1.36. The smallest absolute Gasteiger partial charge is 0.0897 e. The molecule has 1 saturated carbocycles. The minimum Gasteiger partial charge on any atom is -0.385 e. The molecule has 1 aliphatic carbocycles. The predicted molar refractivity (Wildman–Crippen MR) is 77.9 cm³/mol. The number of aliphatic hydroxyl groups is 1. The van der Waals surface area contributed by atoms with Crippen molar-refractivity contribution in [3.63, 3.8) is 0 Å². The van der Waals surface area contributed by atoms with Gasteiger partial charge in [-0.05, 0) is 49.3 Å². The molecule has 1 N–H and O–H groups in total. The van der Waals surface area contributed by atoms with Crippen molar-refractivity contribution < 1.29 is 5.11 Å². The average molecular weight is 255 g/mol. The summed E-state index contributed by atoms with van der Waals surface area (Å²) in [6, 6.07) is 10.2. The molecular weight excluding hydrogens is 234 g/mol. The van der Waals surface area contributed by atoms with Gasteiger partial charge in [0.2, 0.25) is 0 Å². The van der Waals surface area contributed by atoms with E-state index in [2.05, 4.69) is 36.2 Å². The van der Waals surface area contributed by atoms with Crippen LogP contribution in [0.25, 0.3) is 10.9 Å². The first-order valence-electron chi connectivity index (χ1n) is 7.25. The number of nitrogens with zero attached hydrogens (tertiary/aromatic N) is 1. The lowest BCUT2D eigenvalue weighted by molar-refractivity contribution is 0.0199. The van der Waals surface area contributed by atoms with Gasteiger partial charge in [0, 0.05) is 11.6 Å². The second kappa shape index (κ2) is 4.93. The van der Waals surface area contributed by atoms with Gasteiger partial charge < -0.3 is 5.11 Å². The zero-order chi connectivity index (χ0) is 13.3. The van der Waals surface area contributed by atoms with Crippen LogP contribution in [0, 0.1) is 5.92 Å². The first-order chi connectivity index (χ1) is 9.17. The second-order valence-corrected chi connectivity index (χ2v) is 5.98. The Labute approximate surface area is 114 Å². The van der Waals surface area contributed by atoms with E-state index >= 15 is 0 Å². The standard InChI is InChI=1S/C17H21NO/c1-13-4-2-9-17(19,10-8-13)15-7-6-14-5-3-11-18-16(14)12-15/h3,5-7,11-13,19H,2,4,8-10H2,1H3. The molecule has 0 saturated heterocycles. The maximum atomic E-state index is 11.0. The lowest BCUT2D eigenvalue weighted by atomic mass is 9.86. The molecule has 0 spiro atoms. The fourth-order valence-electron chi connectivity index (χ4n) is 3.14. The lowest BCUT2D eigenvalue weighted by Crippen LogP contribution is -2.24. The molecule has 1 aliphatic rings. The quantitative estimate of drug-likeness (QED) is 0.781. The Hall–Kier alpha value is -1.41. The van der Waals surface area contributed by atoms with Gasteiger partial charge in [-0.15, -0.1) is 0 Å². The molecule has 2 unspecified atom stereocenters. The predicted octanol–water partition coefficient (Wildman–Crippen LogP) is 4.02. The summed E-state index contributed by atoms with van der Waals surface area (Å²) in [6.07, 6.45) is 7.00. The monoisotopic (exact) mass is 255 g/mol. The second-order valence-electron chi connectivity index (χ2n) is 5.98. The van der Waals surface area contributed by atoms with Crippen molar-refractivity contribution in [2.24, 2.45) is 5.92 Å². The fourth-order valence-corrected chi connectivity index (χ4v) is 3.14. The van der Waals surface area contributed by atoms with Gasteiger partial charge in [0.05, 0.1) is 11.1 Å². The number of pyridine rings is 1. The SMILES string of the molecule is CC1CCCC(O)(c2ccc3cccnc3c2)CC1. The van der Waals surface area contributed by atoms with Crippen molar-refractivity contribution in [1.82, 2.24) is 4.98 Å². The van der Waals surface area contributed by atoms with E-state index in [1.165, 1.54) is 6.42 Å². The highest BCUT2D eigenvalue weighted by Gasteiger charge is 2.31. The number of hydrogen-bond donors (Lipinski definition) is 1. The molecule has 1 aromatic heterocycles. The molecular formula is C17H21NO. The molecule has 0 radical (unpaired) electrons. The van der Waals surface area contributed by atoms with Gasteiger partial charge in [0.15, 0.2) is 0 Å². The number of fused-ring (bicyclic) bond motifs is 1. The molecule has 100 valence electrons. The maximum Gasteiger partial charge on any atom is 0.0897 e. The van der Waals surface area contributed by atoms with Crippen LogP contribution in [0.5, 0.6) is 0 Å². The van der Waals surface area contributed by atoms with E-state index in [1.54, 1.807) is 0 Å². The highest BCUT2D eigenvalue weighted by atomic mass is 16.3. The summed E-state index contributed by atoms with van der Waals surface area (Å²) in [7, 11) is 0. The number of aromatic nitrogens is 1. The molecule has 0 bridgehead atoms. The average Bonchev–Trinajstić information content (AvgIpc) is 2.61. The van der Waals surface area contributed by atoms with Gasteiger partial charge in [-0.3, -0.25) is 4.98 Å². The first kappa shape index (κ1) is 12.6. The summed E-state index contributed by atoms with van der Waals surface area (Å²) >= 11 is 0. The van der Waals surface area contributed by atoms with Crippen molar-refractivity contribution >= 4 is 10.9 Å². The van der Waals surface area contributed by atoms with Crippen molar-refractivity contribution in [2.75, 3.05) is 0 Å². The molecule has 2 nitrogen and oxygen atoms in total. The van der Waals surface area contributed by atoms with Gasteiger partial charge in [-0.2, -0.15) is 0 Å². The van der Waals surface area contributed by atoms with E-state index in [0.717, 1.165) is 48.1 Å². The third kappa shape index (κ3) is 2.50. The van der Waals surface area contributed by atoms with Crippen LogP contribution >= 0.6 is 0 Å². The molecule has 19 heavy (non-hydrogen) atoms. The minimum atomic E-state index is -0.656. The Bertz CT molecular complexity index is 580. The Morgan fingerprint density at radius 3 is 3.00 bits per heavy atom. The topological polar surface area (TPSA) is 33.1 Å². The summed E-state index contributed by atoms with van der Waals surface area (Å²) < 4.78 is 0. The molecule has 1 aromatic carbocycles. The van der Waals surface area contributed by atoms with E-state index in [4.69, 9.17) is 0 Å². The molecule has 1 heterocycles. The van der Waals surface area contributed by atoms with Crippen LogP contribution in [0.2, 0.25) is 0 Å². The van der Waals surface area contributed by atoms with E-state index in [1.807, 2.05) is 12.3 Å². The number of benzene rings is 1. The van der Waals surface area contributed by atoms with Crippen molar-refractivity contribution in [3.05, 3.63) is 42.1 Å². The highest BCUT2D eigenvalue weighted by Crippen LogP contribution is 2.38. The third-order valence-electron chi connectivity index (χ3n) is 4.48. The molecule has 2 atom stereocenters. The maximum absolute atomic E-state index is 11.0. The lowest BCUT2D eigenvalue weighted by Gasteiger charge is -2.27. The van der Waals surface area contributed by atoms with Gasteiger partial charge in [0.1, 0.15) is 0 Å². The van der Waals surface area contributed by atoms with Crippen LogP contribution in [-0.4, -0.2) is 10.1 Å². The van der Waals surface area contributed by atoms with Crippen molar-refractivity contribution in [3.8, 4) is 0 Å². The summed E-state index contributed by atoms with van der Waals surface area (Å²) in [5.74, 6) is 0.729. The summed E-state index contributed by atoms with van der Waals surface area (Å²) in [4.78, 5) is 4.40. The molecule has 1 fully saturated rings. The highest BCUT2D eigenvalue weighted by molar-refractivity contribution is 5.79. The summed E-state index contributed by atoms with van der Waals surface area (Å²) in [6.45, 7) is 2.29. The molecule has 0 amide bonds. The van der Waals surface area contributed by atoms with Crippen molar-refractivity contribution in [2.45, 2.75) is 44.6 Å². The third-order valence-corrected chi connectivity index (χ3v) is 4.48. The van der Waals surface area contributed by atoms with Gasteiger partial charge in [-0.1, -0.05) is 31.5 Å². The zero-order valence-electron chi connectivity index (χ0n) is 11.5. The summed E-state index contributed by atoms with van der Waals surface area (Å²) in [5, 5.41) is 12.1. The first-order valence-corrected chi connectivity index (χ1v) is 7.25. The largest absolute Gasteiger partial charge is 0.385 e. The fraction of sp³-hybridized carbons (Fsp3) is 0.471. The normalized spacial score (nSPS) is 28.2. The molecule has 0 aliphatic heterocycles. The Kier molecular flexibility index (Phi) is 3.28. The van der Waals surface area contributed by atoms with Crippen LogP contribution < -0.4 is 0 Å². The van der Waals surface area contributed by atoms with Crippen molar-refractivity contribution in [1.29, 1.82) is 0 Å². The van der Waals surface area contributed by atoms with Crippen LogP contribution in [-0.2, 0) is 5.60 Å². The van der Waals surface area contributed by atoms with Crippen LogP contribution in [0.3, 0.4) is 0 Å². The number of rotatable bonds is 1. The minimum absolute atomic E-state index is 0.656. The van der Waals surface area contributed by atoms with Crippen LogP contribution in [0.4, 0.5) is 0 Å². The molecule has 3 rings (SSSR count). The van der Waals surface area contributed by atoms with Gasteiger partial charge in [-0.25, -0.2) is 0 Å². The Balaban J connectivity index is 1.97.